The number of nitrogens with one attached hydrogen (secondary N) is 1. The molecule has 2 heterocycles. The summed E-state index contributed by atoms with van der Waals surface area (Å²) in [5, 5.41) is 8.07. The van der Waals surface area contributed by atoms with Crippen LogP contribution in [0.1, 0.15) is 5.82 Å². The average Bonchev–Trinajstić information content (AvgIpc) is 3.08. The van der Waals surface area contributed by atoms with Crippen LogP contribution in [0.2, 0.25) is 5.02 Å². The highest BCUT2D eigenvalue weighted by Crippen LogP contribution is 2.27. The summed E-state index contributed by atoms with van der Waals surface area (Å²) in [5.74, 6) is 0.939. The van der Waals surface area contributed by atoms with Crippen LogP contribution < -0.4 is 5.32 Å². The Balaban J connectivity index is 1.90. The molecule has 1 aromatic carbocycles. The number of para-hydroxylation sites is 1. The molecule has 0 aliphatic heterocycles. The molecule has 7 heteroatoms. The Kier molecular flexibility index (Phi) is 3.39. The van der Waals surface area contributed by atoms with Crippen LogP contribution >= 0.6 is 11.6 Å². The third kappa shape index (κ3) is 2.37. The van der Waals surface area contributed by atoms with Gasteiger partial charge >= 0.3 is 0 Å². The fourth-order valence-electron chi connectivity index (χ4n) is 1.96. The smallest absolute Gasteiger partial charge is 0.138 e. The Morgan fingerprint density at radius 1 is 1.35 bits per heavy atom. The summed E-state index contributed by atoms with van der Waals surface area (Å²) >= 11 is 6.26. The largest absolute Gasteiger partial charge is 0.376 e. The van der Waals surface area contributed by atoms with Gasteiger partial charge in [0.25, 0.3) is 0 Å². The zero-order chi connectivity index (χ0) is 13.9. The highest BCUT2D eigenvalue weighted by Gasteiger charge is 2.10. The predicted molar refractivity (Wildman–Crippen MR) is 76.9 cm³/mol. The molecule has 0 atom stereocenters. The van der Waals surface area contributed by atoms with Gasteiger partial charge in [-0.05, 0) is 12.1 Å². The van der Waals surface area contributed by atoms with Crippen LogP contribution in [0.4, 0.5) is 5.69 Å². The third-order valence-electron chi connectivity index (χ3n) is 2.99. The molecule has 0 aliphatic carbocycles. The minimum atomic E-state index is 0.603. The molecule has 0 fully saturated rings. The summed E-state index contributed by atoms with van der Waals surface area (Å²) in [6.45, 7) is 0.603. The first-order chi connectivity index (χ1) is 9.75. The molecule has 3 rings (SSSR count). The van der Waals surface area contributed by atoms with Gasteiger partial charge in [-0.2, -0.15) is 5.10 Å². The number of nitrogens with zero attached hydrogens (tertiary/aromatic N) is 5. The molecule has 0 aliphatic rings. The summed E-state index contributed by atoms with van der Waals surface area (Å²) in [4.78, 5) is 8.23. The number of anilines is 1. The number of imidazole rings is 1. The molecule has 20 heavy (non-hydrogen) atoms. The van der Waals surface area contributed by atoms with E-state index < -0.39 is 0 Å². The van der Waals surface area contributed by atoms with Crippen molar-refractivity contribution < 1.29 is 0 Å². The van der Waals surface area contributed by atoms with Crippen LogP contribution in [-0.4, -0.2) is 24.3 Å². The third-order valence-corrected chi connectivity index (χ3v) is 3.30. The molecule has 102 valence electrons. The second-order valence-corrected chi connectivity index (χ2v) is 4.69. The molecule has 0 saturated carbocycles. The molecule has 0 bridgehead atoms. The van der Waals surface area contributed by atoms with Gasteiger partial charge in [-0.1, -0.05) is 17.7 Å². The number of halogens is 1. The topological polar surface area (TPSA) is 60.6 Å². The zero-order valence-corrected chi connectivity index (χ0v) is 11.6. The first-order valence-electron chi connectivity index (χ1n) is 6.09. The minimum absolute atomic E-state index is 0.603. The van der Waals surface area contributed by atoms with E-state index in [4.69, 9.17) is 11.6 Å². The monoisotopic (exact) mass is 288 g/mol. The van der Waals surface area contributed by atoms with Crippen LogP contribution in [0.15, 0.2) is 43.2 Å². The first kappa shape index (κ1) is 12.7. The number of rotatable bonds is 4. The van der Waals surface area contributed by atoms with E-state index in [1.807, 2.05) is 36.0 Å². The van der Waals surface area contributed by atoms with Crippen molar-refractivity contribution >= 4 is 17.3 Å². The Bertz CT molecular complexity index is 703. The Morgan fingerprint density at radius 2 is 2.25 bits per heavy atom. The molecule has 0 radical (unpaired) electrons. The molecule has 1 N–H and O–H groups in total. The maximum Gasteiger partial charge on any atom is 0.138 e. The molecule has 0 unspecified atom stereocenters. The maximum atomic E-state index is 6.26. The lowest BCUT2D eigenvalue weighted by Crippen LogP contribution is -2.08. The first-order valence-corrected chi connectivity index (χ1v) is 6.47. The van der Waals surface area contributed by atoms with E-state index in [-0.39, 0.29) is 0 Å². The van der Waals surface area contributed by atoms with Gasteiger partial charge in [0.05, 0.1) is 17.3 Å². The fourth-order valence-corrected chi connectivity index (χ4v) is 2.22. The lowest BCUT2D eigenvalue weighted by Gasteiger charge is -2.13. The van der Waals surface area contributed by atoms with E-state index in [9.17, 15) is 0 Å². The summed E-state index contributed by atoms with van der Waals surface area (Å²) in [6.07, 6.45) is 6.78. The highest BCUT2D eigenvalue weighted by molar-refractivity contribution is 6.33. The van der Waals surface area contributed by atoms with Crippen LogP contribution in [0.25, 0.3) is 5.69 Å². The van der Waals surface area contributed by atoms with Crippen molar-refractivity contribution in [1.82, 2.24) is 24.3 Å². The lowest BCUT2D eigenvalue weighted by atomic mass is 10.2. The second-order valence-electron chi connectivity index (χ2n) is 4.28. The molecular weight excluding hydrogens is 276 g/mol. The van der Waals surface area contributed by atoms with Crippen molar-refractivity contribution in [2.75, 3.05) is 5.32 Å². The number of hydrogen-bond acceptors (Lipinski definition) is 4. The standard InChI is InChI=1S/C13H13ClN6/c1-19-6-5-16-12(19)7-17-11-4-2-3-10(14)13(11)20-9-15-8-18-20/h2-6,8-9,17H,7H2,1H3. The van der Waals surface area contributed by atoms with E-state index in [1.165, 1.54) is 6.33 Å². The number of hydrogen-bond donors (Lipinski definition) is 1. The Labute approximate surface area is 121 Å². The molecular formula is C13H13ClN6. The van der Waals surface area contributed by atoms with E-state index in [2.05, 4.69) is 20.4 Å². The Hall–Kier alpha value is -2.34. The van der Waals surface area contributed by atoms with Crippen molar-refractivity contribution in [2.45, 2.75) is 6.54 Å². The van der Waals surface area contributed by atoms with Gasteiger partial charge in [-0.15, -0.1) is 0 Å². The van der Waals surface area contributed by atoms with Crippen LogP contribution in [0, 0.1) is 0 Å². The van der Waals surface area contributed by atoms with Crippen LogP contribution in [0.3, 0.4) is 0 Å². The molecule has 0 spiro atoms. The fraction of sp³-hybridized carbons (Fsp3) is 0.154. The predicted octanol–water partition coefficient (Wildman–Crippen LogP) is 2.27. The average molecular weight is 289 g/mol. The van der Waals surface area contributed by atoms with E-state index in [1.54, 1.807) is 17.2 Å². The van der Waals surface area contributed by atoms with Crippen LogP contribution in [0.5, 0.6) is 0 Å². The molecule has 0 saturated heterocycles. The molecule has 6 nitrogen and oxygen atoms in total. The SMILES string of the molecule is Cn1ccnc1CNc1cccc(Cl)c1-n1cncn1. The number of aromatic nitrogens is 5. The van der Waals surface area contributed by atoms with Crippen molar-refractivity contribution in [2.24, 2.45) is 7.05 Å². The van der Waals surface area contributed by atoms with E-state index in [0.717, 1.165) is 17.2 Å². The highest BCUT2D eigenvalue weighted by atomic mass is 35.5. The minimum Gasteiger partial charge on any atom is -0.376 e. The van der Waals surface area contributed by atoms with Crippen molar-refractivity contribution in [3.63, 3.8) is 0 Å². The normalized spacial score (nSPS) is 10.7. The summed E-state index contributed by atoms with van der Waals surface area (Å²) in [5.41, 5.74) is 1.66. The van der Waals surface area contributed by atoms with Crippen molar-refractivity contribution in [3.05, 3.63) is 54.1 Å². The van der Waals surface area contributed by atoms with Gasteiger partial charge in [0.2, 0.25) is 0 Å². The summed E-state index contributed by atoms with van der Waals surface area (Å²) in [6, 6.07) is 5.67. The number of benzene rings is 1. The van der Waals surface area contributed by atoms with E-state index in [0.29, 0.717) is 11.6 Å². The quantitative estimate of drug-likeness (QED) is 0.800. The van der Waals surface area contributed by atoms with Gasteiger partial charge < -0.3 is 9.88 Å². The van der Waals surface area contributed by atoms with Crippen molar-refractivity contribution in [3.8, 4) is 5.69 Å². The maximum absolute atomic E-state index is 6.26. The Morgan fingerprint density at radius 3 is 2.95 bits per heavy atom. The number of aryl methyl sites for hydroxylation is 1. The van der Waals surface area contributed by atoms with Gasteiger partial charge in [0, 0.05) is 19.4 Å². The molecule has 3 aromatic rings. The molecule has 0 amide bonds. The summed E-state index contributed by atoms with van der Waals surface area (Å²) < 4.78 is 3.61. The summed E-state index contributed by atoms with van der Waals surface area (Å²) in [7, 11) is 1.96. The molecule has 2 aromatic heterocycles. The lowest BCUT2D eigenvalue weighted by molar-refractivity contribution is 0.810. The van der Waals surface area contributed by atoms with Crippen LogP contribution in [-0.2, 0) is 13.6 Å². The van der Waals surface area contributed by atoms with Gasteiger partial charge in [-0.25, -0.2) is 14.6 Å². The van der Waals surface area contributed by atoms with E-state index >= 15 is 0 Å². The second kappa shape index (κ2) is 5.34. The van der Waals surface area contributed by atoms with Gasteiger partial charge in [0.15, 0.2) is 0 Å². The van der Waals surface area contributed by atoms with Crippen molar-refractivity contribution in [1.29, 1.82) is 0 Å². The van der Waals surface area contributed by atoms with Gasteiger partial charge in [0.1, 0.15) is 24.2 Å². The zero-order valence-electron chi connectivity index (χ0n) is 10.9. The van der Waals surface area contributed by atoms with Gasteiger partial charge in [-0.3, -0.25) is 0 Å².